The number of aromatic carboxylic acids is 1. The highest BCUT2D eigenvalue weighted by Crippen LogP contribution is 2.36. The van der Waals surface area contributed by atoms with Gasteiger partial charge in [0.05, 0.1) is 11.1 Å². The third-order valence-corrected chi connectivity index (χ3v) is 1.86. The first-order chi connectivity index (χ1) is 7.86. The second-order valence-corrected chi connectivity index (χ2v) is 3.06. The minimum absolute atomic E-state index is 0.352. The van der Waals surface area contributed by atoms with Crippen LogP contribution in [0.1, 0.15) is 15.9 Å². The second kappa shape index (κ2) is 5.05. The van der Waals surface area contributed by atoms with Crippen LogP contribution in [0.4, 0.5) is 13.2 Å². The monoisotopic (exact) mass is 250 g/mol. The van der Waals surface area contributed by atoms with Crippen LogP contribution >= 0.6 is 0 Å². The standard InChI is InChI=1S/C10H9F3O4/c1-16-5-17-8-3-2-6(9(14)15)4-7(8)10(11,12)13/h2-4H,5H2,1H3,(H,14,15). The van der Waals surface area contributed by atoms with Gasteiger partial charge in [-0.3, -0.25) is 0 Å². The number of ether oxygens (including phenoxy) is 2. The molecule has 7 heteroatoms. The van der Waals surface area contributed by atoms with Crippen LogP contribution in [-0.4, -0.2) is 25.0 Å². The molecule has 1 N–H and O–H groups in total. The molecule has 0 saturated heterocycles. The summed E-state index contributed by atoms with van der Waals surface area (Å²) in [5.74, 6) is -1.90. The SMILES string of the molecule is COCOc1ccc(C(=O)O)cc1C(F)(F)F. The molecular formula is C10H9F3O4. The lowest BCUT2D eigenvalue weighted by molar-refractivity contribution is -0.139. The second-order valence-electron chi connectivity index (χ2n) is 3.06. The van der Waals surface area contributed by atoms with Crippen molar-refractivity contribution >= 4 is 5.97 Å². The summed E-state index contributed by atoms with van der Waals surface area (Å²) >= 11 is 0. The lowest BCUT2D eigenvalue weighted by Crippen LogP contribution is -2.11. The zero-order valence-corrected chi connectivity index (χ0v) is 8.75. The van der Waals surface area contributed by atoms with Crippen LogP contribution in [-0.2, 0) is 10.9 Å². The Balaban J connectivity index is 3.17. The van der Waals surface area contributed by atoms with Crippen molar-refractivity contribution in [1.29, 1.82) is 0 Å². The van der Waals surface area contributed by atoms with Crippen LogP contribution in [0, 0.1) is 0 Å². The van der Waals surface area contributed by atoms with Gasteiger partial charge in [-0.2, -0.15) is 13.2 Å². The first-order valence-electron chi connectivity index (χ1n) is 4.42. The van der Waals surface area contributed by atoms with Crippen LogP contribution < -0.4 is 4.74 Å². The normalized spacial score (nSPS) is 11.3. The number of benzene rings is 1. The fourth-order valence-corrected chi connectivity index (χ4v) is 1.13. The van der Waals surface area contributed by atoms with Crippen molar-refractivity contribution in [1.82, 2.24) is 0 Å². The summed E-state index contributed by atoms with van der Waals surface area (Å²) < 4.78 is 47.0. The third-order valence-electron chi connectivity index (χ3n) is 1.86. The smallest absolute Gasteiger partial charge is 0.419 e. The Hall–Kier alpha value is -1.76. The Bertz CT molecular complexity index is 415. The molecule has 0 amide bonds. The molecule has 0 aliphatic carbocycles. The molecule has 1 rings (SSSR count). The summed E-state index contributed by atoms with van der Waals surface area (Å²) in [5.41, 5.74) is -1.60. The Morgan fingerprint density at radius 3 is 2.53 bits per heavy atom. The van der Waals surface area contributed by atoms with Gasteiger partial charge in [-0.05, 0) is 18.2 Å². The van der Waals surface area contributed by atoms with Gasteiger partial charge in [0.1, 0.15) is 5.75 Å². The maximum atomic E-state index is 12.6. The molecule has 0 aliphatic heterocycles. The van der Waals surface area contributed by atoms with E-state index in [4.69, 9.17) is 9.84 Å². The number of rotatable bonds is 4. The van der Waals surface area contributed by atoms with Gasteiger partial charge in [0.2, 0.25) is 0 Å². The average Bonchev–Trinajstić information content (AvgIpc) is 2.24. The minimum Gasteiger partial charge on any atom is -0.478 e. The summed E-state index contributed by atoms with van der Waals surface area (Å²) in [6.07, 6.45) is -4.69. The number of carbonyl (C=O) groups is 1. The van der Waals surface area contributed by atoms with Gasteiger partial charge in [-0.1, -0.05) is 0 Å². The molecule has 94 valence electrons. The number of carboxylic acid groups (broad SMARTS) is 1. The molecule has 0 spiro atoms. The topological polar surface area (TPSA) is 55.8 Å². The van der Waals surface area contributed by atoms with Crippen molar-refractivity contribution in [3.05, 3.63) is 29.3 Å². The molecule has 0 fully saturated rings. The van der Waals surface area contributed by atoms with Crippen LogP contribution in [0.15, 0.2) is 18.2 Å². The molecule has 0 atom stereocenters. The Kier molecular flexibility index (Phi) is 3.95. The molecule has 17 heavy (non-hydrogen) atoms. The van der Waals surface area contributed by atoms with E-state index in [0.29, 0.717) is 6.07 Å². The van der Waals surface area contributed by atoms with E-state index in [-0.39, 0.29) is 6.79 Å². The molecule has 0 radical (unpaired) electrons. The summed E-state index contributed by atoms with van der Waals surface area (Å²) in [6.45, 7) is -0.352. The first kappa shape index (κ1) is 13.3. The Morgan fingerprint density at radius 1 is 1.41 bits per heavy atom. The van der Waals surface area contributed by atoms with Gasteiger partial charge in [-0.25, -0.2) is 4.79 Å². The number of carboxylic acids is 1. The molecular weight excluding hydrogens is 241 g/mol. The molecule has 4 nitrogen and oxygen atoms in total. The van der Waals surface area contributed by atoms with E-state index in [2.05, 4.69) is 4.74 Å². The van der Waals surface area contributed by atoms with E-state index < -0.39 is 29.0 Å². The van der Waals surface area contributed by atoms with Crippen molar-refractivity contribution < 1.29 is 32.5 Å². The van der Waals surface area contributed by atoms with E-state index >= 15 is 0 Å². The number of alkyl halides is 3. The van der Waals surface area contributed by atoms with Gasteiger partial charge in [0.15, 0.2) is 6.79 Å². The Morgan fingerprint density at radius 2 is 2.06 bits per heavy atom. The lowest BCUT2D eigenvalue weighted by Gasteiger charge is -2.13. The minimum atomic E-state index is -4.69. The van der Waals surface area contributed by atoms with Crippen LogP contribution in [0.3, 0.4) is 0 Å². The highest BCUT2D eigenvalue weighted by Gasteiger charge is 2.35. The van der Waals surface area contributed by atoms with Gasteiger partial charge >= 0.3 is 12.1 Å². The largest absolute Gasteiger partial charge is 0.478 e. The van der Waals surface area contributed by atoms with Crippen molar-refractivity contribution in [3.8, 4) is 5.75 Å². The van der Waals surface area contributed by atoms with E-state index in [1.165, 1.54) is 7.11 Å². The average molecular weight is 250 g/mol. The van der Waals surface area contributed by atoms with E-state index in [0.717, 1.165) is 12.1 Å². The quantitative estimate of drug-likeness (QED) is 0.833. The van der Waals surface area contributed by atoms with Crippen molar-refractivity contribution in [2.75, 3.05) is 13.9 Å². The molecule has 0 aromatic heterocycles. The maximum Gasteiger partial charge on any atom is 0.419 e. The fourth-order valence-electron chi connectivity index (χ4n) is 1.13. The highest BCUT2D eigenvalue weighted by molar-refractivity contribution is 5.88. The number of methoxy groups -OCH3 is 1. The zero-order chi connectivity index (χ0) is 13.1. The predicted octanol–water partition coefficient (Wildman–Crippen LogP) is 2.39. The van der Waals surface area contributed by atoms with Crippen LogP contribution in [0.2, 0.25) is 0 Å². The zero-order valence-electron chi connectivity index (χ0n) is 8.75. The fraction of sp³-hybridized carbons (Fsp3) is 0.300. The van der Waals surface area contributed by atoms with Crippen LogP contribution in [0.25, 0.3) is 0 Å². The number of hydrogen-bond donors (Lipinski definition) is 1. The molecule has 0 heterocycles. The molecule has 0 unspecified atom stereocenters. The van der Waals surface area contributed by atoms with Gasteiger partial charge in [-0.15, -0.1) is 0 Å². The Labute approximate surface area is 94.6 Å². The number of hydrogen-bond acceptors (Lipinski definition) is 3. The molecule has 1 aromatic carbocycles. The van der Waals surface area contributed by atoms with Crippen molar-refractivity contribution in [3.63, 3.8) is 0 Å². The summed E-state index contributed by atoms with van der Waals surface area (Å²) in [7, 11) is 1.26. The van der Waals surface area contributed by atoms with Crippen molar-refractivity contribution in [2.45, 2.75) is 6.18 Å². The van der Waals surface area contributed by atoms with Crippen molar-refractivity contribution in [2.24, 2.45) is 0 Å². The number of halogens is 3. The first-order valence-corrected chi connectivity index (χ1v) is 4.42. The summed E-state index contributed by atoms with van der Waals surface area (Å²) in [5, 5.41) is 8.61. The van der Waals surface area contributed by atoms with Crippen LogP contribution in [0.5, 0.6) is 5.75 Å². The van der Waals surface area contributed by atoms with E-state index in [1.807, 2.05) is 0 Å². The summed E-state index contributed by atoms with van der Waals surface area (Å²) in [4.78, 5) is 10.6. The van der Waals surface area contributed by atoms with E-state index in [9.17, 15) is 18.0 Å². The summed E-state index contributed by atoms with van der Waals surface area (Å²) in [6, 6.07) is 2.50. The lowest BCUT2D eigenvalue weighted by atomic mass is 10.1. The highest BCUT2D eigenvalue weighted by atomic mass is 19.4. The molecule has 0 aliphatic rings. The third kappa shape index (κ3) is 3.35. The molecule has 1 aromatic rings. The van der Waals surface area contributed by atoms with Gasteiger partial charge in [0, 0.05) is 7.11 Å². The van der Waals surface area contributed by atoms with Gasteiger partial charge in [0.25, 0.3) is 0 Å². The maximum absolute atomic E-state index is 12.6. The van der Waals surface area contributed by atoms with Gasteiger partial charge < -0.3 is 14.6 Å². The molecule has 0 bridgehead atoms. The van der Waals surface area contributed by atoms with E-state index in [1.54, 1.807) is 0 Å². The molecule has 0 saturated carbocycles. The predicted molar refractivity (Wildman–Crippen MR) is 50.9 cm³/mol.